The first-order chi connectivity index (χ1) is 9.61. The Morgan fingerprint density at radius 2 is 1.80 bits per heavy atom. The minimum absolute atomic E-state index is 0.168. The normalized spacial score (nSPS) is 13.9. The van der Waals surface area contributed by atoms with E-state index < -0.39 is 0 Å². The van der Waals surface area contributed by atoms with Gasteiger partial charge in [0.25, 0.3) is 0 Å². The molecular weight excluding hydrogens is 252 g/mol. The summed E-state index contributed by atoms with van der Waals surface area (Å²) >= 11 is 0. The van der Waals surface area contributed by atoms with E-state index in [1.807, 2.05) is 36.4 Å². The van der Waals surface area contributed by atoms with Crippen molar-refractivity contribution in [1.82, 2.24) is 0 Å². The Morgan fingerprint density at radius 1 is 1.10 bits per heavy atom. The third-order valence-corrected chi connectivity index (χ3v) is 3.36. The van der Waals surface area contributed by atoms with Gasteiger partial charge in [-0.2, -0.15) is 5.10 Å². The van der Waals surface area contributed by atoms with Gasteiger partial charge in [0, 0.05) is 18.1 Å². The number of amides is 1. The highest BCUT2D eigenvalue weighted by atomic mass is 16.1. The van der Waals surface area contributed by atoms with Crippen LogP contribution in [0.4, 0.5) is 11.4 Å². The van der Waals surface area contributed by atoms with E-state index in [1.165, 1.54) is 6.92 Å². The first-order valence-corrected chi connectivity index (χ1v) is 6.21. The first kappa shape index (κ1) is 12.2. The molecule has 0 unspecified atom stereocenters. The predicted molar refractivity (Wildman–Crippen MR) is 80.4 cm³/mol. The van der Waals surface area contributed by atoms with E-state index in [0.717, 1.165) is 22.3 Å². The van der Waals surface area contributed by atoms with Crippen LogP contribution in [0, 0.1) is 0 Å². The average molecular weight is 266 g/mol. The molecule has 1 aliphatic rings. The zero-order valence-corrected chi connectivity index (χ0v) is 11.0. The van der Waals surface area contributed by atoms with Crippen molar-refractivity contribution in [2.45, 2.75) is 6.92 Å². The number of hydrazone groups is 1. The van der Waals surface area contributed by atoms with Gasteiger partial charge in [-0.3, -0.25) is 4.79 Å². The molecule has 20 heavy (non-hydrogen) atoms. The van der Waals surface area contributed by atoms with Gasteiger partial charge in [0.1, 0.15) is 0 Å². The quantitative estimate of drug-likeness (QED) is 0.357. The summed E-state index contributed by atoms with van der Waals surface area (Å²) in [5.74, 6) is 5.35. The van der Waals surface area contributed by atoms with Gasteiger partial charge in [-0.1, -0.05) is 24.3 Å². The summed E-state index contributed by atoms with van der Waals surface area (Å²) in [5.41, 5.74) is 11.7. The fraction of sp³-hybridized carbons (Fsp3) is 0.0667. The van der Waals surface area contributed by atoms with Crippen molar-refractivity contribution in [3.05, 3.63) is 47.5 Å². The van der Waals surface area contributed by atoms with Crippen molar-refractivity contribution >= 4 is 23.0 Å². The van der Waals surface area contributed by atoms with Crippen LogP contribution in [0.2, 0.25) is 0 Å². The maximum absolute atomic E-state index is 11.2. The van der Waals surface area contributed by atoms with Crippen LogP contribution in [-0.4, -0.2) is 11.6 Å². The van der Waals surface area contributed by atoms with Crippen LogP contribution in [0.5, 0.6) is 0 Å². The molecule has 0 aliphatic heterocycles. The number of fused-ring (bicyclic) bond motifs is 3. The van der Waals surface area contributed by atoms with Crippen LogP contribution >= 0.6 is 0 Å². The summed E-state index contributed by atoms with van der Waals surface area (Å²) in [6.45, 7) is 1.44. The predicted octanol–water partition coefficient (Wildman–Crippen LogP) is 1.92. The molecule has 2 aromatic rings. The highest BCUT2D eigenvalue weighted by Gasteiger charge is 2.25. The fourth-order valence-electron chi connectivity index (χ4n) is 2.54. The lowest BCUT2D eigenvalue weighted by Gasteiger charge is -2.09. The number of hydrogen-bond donors (Lipinski definition) is 3. The Hall–Kier alpha value is -2.82. The topological polar surface area (TPSA) is 93.5 Å². The Morgan fingerprint density at radius 3 is 2.45 bits per heavy atom. The third kappa shape index (κ3) is 1.72. The average Bonchev–Trinajstić information content (AvgIpc) is 2.72. The molecule has 3 rings (SSSR count). The molecule has 0 saturated heterocycles. The number of carbonyl (C=O) groups excluding carboxylic acids is 1. The second-order valence-corrected chi connectivity index (χ2v) is 4.69. The smallest absolute Gasteiger partial charge is 0.221 e. The zero-order valence-electron chi connectivity index (χ0n) is 11.0. The lowest BCUT2D eigenvalue weighted by atomic mass is 10.0. The van der Waals surface area contributed by atoms with Crippen LogP contribution in [0.25, 0.3) is 11.1 Å². The van der Waals surface area contributed by atoms with Crippen LogP contribution in [-0.2, 0) is 4.79 Å². The number of nitrogen functional groups attached to an aromatic ring is 1. The van der Waals surface area contributed by atoms with E-state index in [2.05, 4.69) is 10.4 Å². The number of anilines is 2. The second-order valence-electron chi connectivity index (χ2n) is 4.69. The molecule has 0 radical (unpaired) electrons. The molecule has 2 aromatic carbocycles. The summed E-state index contributed by atoms with van der Waals surface area (Å²) in [6.07, 6.45) is 0. The summed E-state index contributed by atoms with van der Waals surface area (Å²) < 4.78 is 0. The maximum Gasteiger partial charge on any atom is 0.221 e. The van der Waals surface area contributed by atoms with Crippen LogP contribution < -0.4 is 16.9 Å². The van der Waals surface area contributed by atoms with Crippen molar-refractivity contribution in [3.8, 4) is 11.1 Å². The minimum atomic E-state index is -0.168. The van der Waals surface area contributed by atoms with Crippen LogP contribution in [0.1, 0.15) is 18.1 Å². The molecule has 0 atom stereocenters. The van der Waals surface area contributed by atoms with Gasteiger partial charge < -0.3 is 16.9 Å². The molecule has 0 bridgehead atoms. The third-order valence-electron chi connectivity index (χ3n) is 3.36. The lowest BCUT2D eigenvalue weighted by Crippen LogP contribution is -2.09. The molecule has 1 amide bonds. The number of carbonyl (C=O) groups is 1. The van der Waals surface area contributed by atoms with Gasteiger partial charge in [-0.05, 0) is 23.3 Å². The number of hydrogen-bond acceptors (Lipinski definition) is 4. The van der Waals surface area contributed by atoms with Crippen molar-refractivity contribution in [1.29, 1.82) is 0 Å². The molecule has 1 aliphatic carbocycles. The summed E-state index contributed by atoms with van der Waals surface area (Å²) in [7, 11) is 0. The molecule has 0 spiro atoms. The molecule has 5 N–H and O–H groups in total. The highest BCUT2D eigenvalue weighted by Crippen LogP contribution is 2.40. The maximum atomic E-state index is 11.2. The van der Waals surface area contributed by atoms with Gasteiger partial charge >= 0.3 is 0 Å². The zero-order chi connectivity index (χ0) is 14.3. The molecule has 0 saturated carbocycles. The highest BCUT2D eigenvalue weighted by molar-refractivity contribution is 6.25. The molecule has 0 aromatic heterocycles. The molecule has 0 heterocycles. The summed E-state index contributed by atoms with van der Waals surface area (Å²) in [4.78, 5) is 11.2. The van der Waals surface area contributed by atoms with E-state index >= 15 is 0 Å². The molecule has 5 nitrogen and oxygen atoms in total. The summed E-state index contributed by atoms with van der Waals surface area (Å²) in [6, 6.07) is 11.5. The first-order valence-electron chi connectivity index (χ1n) is 6.21. The van der Waals surface area contributed by atoms with Crippen molar-refractivity contribution in [2.75, 3.05) is 11.1 Å². The Labute approximate surface area is 116 Å². The minimum Gasteiger partial charge on any atom is -0.397 e. The van der Waals surface area contributed by atoms with E-state index in [-0.39, 0.29) is 5.91 Å². The van der Waals surface area contributed by atoms with Crippen molar-refractivity contribution in [3.63, 3.8) is 0 Å². The Kier molecular flexibility index (Phi) is 2.68. The van der Waals surface area contributed by atoms with Crippen LogP contribution in [0.3, 0.4) is 0 Å². The van der Waals surface area contributed by atoms with Crippen LogP contribution in [0.15, 0.2) is 41.5 Å². The standard InChI is InChI=1S/C15H14N4O/c1-8(20)18-14-7-12-11(6-13(14)16)9-4-2-3-5-10(9)15(12)19-17/h2-7H,16-17H2,1H3,(H,18,20)/b19-15+. The monoisotopic (exact) mass is 266 g/mol. The van der Waals surface area contributed by atoms with Gasteiger partial charge in [0.2, 0.25) is 5.91 Å². The number of nitrogens with zero attached hydrogens (tertiary/aromatic N) is 1. The molecule has 100 valence electrons. The largest absolute Gasteiger partial charge is 0.397 e. The molecule has 5 heteroatoms. The van der Waals surface area contributed by atoms with E-state index in [9.17, 15) is 4.79 Å². The number of nitrogens with two attached hydrogens (primary N) is 2. The van der Waals surface area contributed by atoms with Crippen molar-refractivity contribution in [2.24, 2.45) is 10.9 Å². The van der Waals surface area contributed by atoms with Gasteiger partial charge in [0.15, 0.2) is 0 Å². The summed E-state index contributed by atoms with van der Waals surface area (Å²) in [5, 5.41) is 6.60. The van der Waals surface area contributed by atoms with E-state index in [4.69, 9.17) is 11.6 Å². The Bertz CT molecular complexity index is 750. The number of benzene rings is 2. The molecular formula is C15H14N4O. The van der Waals surface area contributed by atoms with E-state index in [1.54, 1.807) is 0 Å². The van der Waals surface area contributed by atoms with Gasteiger partial charge in [-0.25, -0.2) is 0 Å². The SMILES string of the molecule is CC(=O)Nc1cc2c(cc1N)-c1ccccc1/C2=N\N. The molecule has 0 fully saturated rings. The second kappa shape index (κ2) is 4.38. The lowest BCUT2D eigenvalue weighted by molar-refractivity contribution is -0.114. The van der Waals surface area contributed by atoms with Crippen molar-refractivity contribution < 1.29 is 4.79 Å². The van der Waals surface area contributed by atoms with E-state index in [0.29, 0.717) is 17.1 Å². The Balaban J connectivity index is 2.24. The van der Waals surface area contributed by atoms with Gasteiger partial charge in [-0.15, -0.1) is 0 Å². The number of rotatable bonds is 1. The fourth-order valence-corrected chi connectivity index (χ4v) is 2.54. The van der Waals surface area contributed by atoms with Gasteiger partial charge in [0.05, 0.1) is 17.1 Å². The number of nitrogens with one attached hydrogen (secondary N) is 1.